The summed E-state index contributed by atoms with van der Waals surface area (Å²) in [5, 5.41) is 0. The zero-order valence-corrected chi connectivity index (χ0v) is 19.4. The van der Waals surface area contributed by atoms with Crippen LogP contribution in [0.1, 0.15) is 80.1 Å². The van der Waals surface area contributed by atoms with Crippen LogP contribution < -0.4 is 0 Å². The normalized spacial score (nSPS) is 20.1. The van der Waals surface area contributed by atoms with Gasteiger partial charge in [-0.3, -0.25) is 9.69 Å². The Hall–Kier alpha value is -0.870. The van der Waals surface area contributed by atoms with Crippen LogP contribution in [0, 0.1) is 5.92 Å². The van der Waals surface area contributed by atoms with E-state index in [0.29, 0.717) is 5.91 Å². The van der Waals surface area contributed by atoms with Crippen molar-refractivity contribution < 1.29 is 9.53 Å². The van der Waals surface area contributed by atoms with Gasteiger partial charge in [-0.2, -0.15) is 0 Å². The molecule has 0 N–H and O–H groups in total. The molecule has 27 heavy (non-hydrogen) atoms. The van der Waals surface area contributed by atoms with E-state index < -0.39 is 0 Å². The number of carbonyl (C=O) groups excluding carboxylic acids is 1. The highest BCUT2D eigenvalue weighted by molar-refractivity contribution is 5.82. The molecule has 2 rings (SSSR count). The summed E-state index contributed by atoms with van der Waals surface area (Å²) in [5.74, 6) is 1.14. The average molecular weight is 385 g/mol. The van der Waals surface area contributed by atoms with Gasteiger partial charge in [-0.1, -0.05) is 53.5 Å². The van der Waals surface area contributed by atoms with Crippen molar-refractivity contribution in [3.05, 3.63) is 12.7 Å². The number of likely N-dealkylation sites (tertiary alicyclic amines) is 2. The summed E-state index contributed by atoms with van der Waals surface area (Å²) >= 11 is 0. The van der Waals surface area contributed by atoms with Crippen molar-refractivity contribution in [3.63, 3.8) is 0 Å². The number of amides is 1. The molecule has 2 fully saturated rings. The molecular formula is C23H48N2O2. The van der Waals surface area contributed by atoms with Crippen molar-refractivity contribution in [1.82, 2.24) is 9.80 Å². The number of allylic oxidation sites excluding steroid dienone is 1. The molecule has 1 amide bonds. The zero-order chi connectivity index (χ0) is 21.1. The lowest BCUT2D eigenvalue weighted by Gasteiger charge is -2.39. The minimum absolute atomic E-state index is 0.109. The fourth-order valence-corrected chi connectivity index (χ4v) is 3.19. The molecule has 0 radical (unpaired) electrons. The molecule has 0 aromatic heterocycles. The number of nitrogens with zero attached hydrogens (tertiary/aromatic N) is 2. The van der Waals surface area contributed by atoms with E-state index in [-0.39, 0.29) is 6.04 Å². The Morgan fingerprint density at radius 3 is 2.11 bits per heavy atom. The largest absolute Gasteiger partial charge is 0.383 e. The summed E-state index contributed by atoms with van der Waals surface area (Å²) in [7, 11) is 1.73. The van der Waals surface area contributed by atoms with Crippen molar-refractivity contribution in [1.29, 1.82) is 0 Å². The smallest absolute Gasteiger partial charge is 0.239 e. The van der Waals surface area contributed by atoms with Crippen LogP contribution in [0.15, 0.2) is 12.7 Å². The van der Waals surface area contributed by atoms with Crippen LogP contribution >= 0.6 is 0 Å². The molecule has 0 spiro atoms. The standard InChI is InChI=1S/C15H28N2O2.C3H8.C3H6.C2H6/c1-13-6-9-17(10-7-13)15(18)14-5-3-4-8-16(14)11-12-19-2;2*1-3-2;1-2/h13-14H,3-12H2,1-2H3;3H2,1-2H3;3H,1H2,2H3;1-2H3. The fraction of sp³-hybridized carbons (Fsp3) is 0.870. The average Bonchev–Trinajstić information content (AvgIpc) is 2.69. The molecule has 4 nitrogen and oxygen atoms in total. The quantitative estimate of drug-likeness (QED) is 0.610. The Morgan fingerprint density at radius 1 is 1.11 bits per heavy atom. The predicted octanol–water partition coefficient (Wildman–Crippen LogP) is 5.38. The van der Waals surface area contributed by atoms with Gasteiger partial charge in [-0.15, -0.1) is 6.58 Å². The van der Waals surface area contributed by atoms with Gasteiger partial charge in [-0.25, -0.2) is 0 Å². The summed E-state index contributed by atoms with van der Waals surface area (Å²) in [6.07, 6.45) is 8.75. The molecule has 2 saturated heterocycles. The molecule has 0 saturated carbocycles. The summed E-state index contributed by atoms with van der Waals surface area (Å²) in [6, 6.07) is 0.109. The fourth-order valence-electron chi connectivity index (χ4n) is 3.19. The van der Waals surface area contributed by atoms with E-state index in [1.165, 1.54) is 19.3 Å². The first-order chi connectivity index (χ1) is 13.0. The van der Waals surface area contributed by atoms with Crippen molar-refractivity contribution in [2.45, 2.75) is 86.1 Å². The van der Waals surface area contributed by atoms with Gasteiger partial charge in [0.25, 0.3) is 0 Å². The van der Waals surface area contributed by atoms with Gasteiger partial charge in [0, 0.05) is 26.7 Å². The summed E-state index contributed by atoms with van der Waals surface area (Å²) in [5.41, 5.74) is 0. The molecule has 1 unspecified atom stereocenters. The molecular weight excluding hydrogens is 336 g/mol. The lowest BCUT2D eigenvalue weighted by atomic mass is 9.96. The Bertz CT molecular complexity index is 339. The van der Waals surface area contributed by atoms with E-state index in [0.717, 1.165) is 58.0 Å². The molecule has 2 aliphatic heterocycles. The number of hydrogen-bond acceptors (Lipinski definition) is 3. The minimum Gasteiger partial charge on any atom is -0.383 e. The van der Waals surface area contributed by atoms with Crippen LogP contribution in [0.5, 0.6) is 0 Å². The van der Waals surface area contributed by atoms with Gasteiger partial charge in [0.1, 0.15) is 0 Å². The van der Waals surface area contributed by atoms with Crippen molar-refractivity contribution >= 4 is 5.91 Å². The number of rotatable bonds is 4. The molecule has 0 aromatic carbocycles. The number of hydrogen-bond donors (Lipinski definition) is 0. The van der Waals surface area contributed by atoms with Crippen LogP contribution in [0.3, 0.4) is 0 Å². The molecule has 2 heterocycles. The maximum absolute atomic E-state index is 12.7. The minimum atomic E-state index is 0.109. The first kappa shape index (κ1) is 28.3. The zero-order valence-electron chi connectivity index (χ0n) is 19.4. The summed E-state index contributed by atoms with van der Waals surface area (Å²) in [4.78, 5) is 17.1. The van der Waals surface area contributed by atoms with Crippen molar-refractivity contribution in [3.8, 4) is 0 Å². The molecule has 162 valence electrons. The molecule has 1 atom stereocenters. The topological polar surface area (TPSA) is 32.8 Å². The lowest BCUT2D eigenvalue weighted by Crippen LogP contribution is -2.53. The monoisotopic (exact) mass is 384 g/mol. The highest BCUT2D eigenvalue weighted by Gasteiger charge is 2.32. The van der Waals surface area contributed by atoms with Gasteiger partial charge < -0.3 is 9.64 Å². The van der Waals surface area contributed by atoms with Crippen LogP contribution in [0.2, 0.25) is 0 Å². The third-order valence-electron chi connectivity index (χ3n) is 4.58. The van der Waals surface area contributed by atoms with E-state index in [9.17, 15) is 4.79 Å². The first-order valence-electron chi connectivity index (χ1n) is 11.1. The highest BCUT2D eigenvalue weighted by atomic mass is 16.5. The van der Waals surface area contributed by atoms with E-state index in [4.69, 9.17) is 4.74 Å². The number of ether oxygens (including phenoxy) is 1. The predicted molar refractivity (Wildman–Crippen MR) is 119 cm³/mol. The van der Waals surface area contributed by atoms with E-state index in [1.54, 1.807) is 13.2 Å². The second-order valence-electron chi connectivity index (χ2n) is 7.16. The van der Waals surface area contributed by atoms with E-state index >= 15 is 0 Å². The van der Waals surface area contributed by atoms with Gasteiger partial charge in [0.15, 0.2) is 0 Å². The van der Waals surface area contributed by atoms with Gasteiger partial charge >= 0.3 is 0 Å². The lowest BCUT2D eigenvalue weighted by molar-refractivity contribution is -0.140. The summed E-state index contributed by atoms with van der Waals surface area (Å²) in [6.45, 7) is 20.3. The second kappa shape index (κ2) is 19.9. The summed E-state index contributed by atoms with van der Waals surface area (Å²) < 4.78 is 5.17. The van der Waals surface area contributed by atoms with Gasteiger partial charge in [-0.05, 0) is 45.1 Å². The van der Waals surface area contributed by atoms with Crippen LogP contribution in [0.4, 0.5) is 0 Å². The maximum atomic E-state index is 12.7. The molecule has 0 aliphatic carbocycles. The number of carbonyl (C=O) groups is 1. The first-order valence-corrected chi connectivity index (χ1v) is 11.1. The van der Waals surface area contributed by atoms with Crippen molar-refractivity contribution in [2.75, 3.05) is 39.9 Å². The molecule has 4 heteroatoms. The van der Waals surface area contributed by atoms with E-state index in [2.05, 4.69) is 37.1 Å². The van der Waals surface area contributed by atoms with Crippen LogP contribution in [-0.4, -0.2) is 61.6 Å². The molecule has 0 aromatic rings. The van der Waals surface area contributed by atoms with Gasteiger partial charge in [0.05, 0.1) is 12.6 Å². The van der Waals surface area contributed by atoms with E-state index in [1.807, 2.05) is 20.8 Å². The molecule has 0 bridgehead atoms. The Kier molecular flexibility index (Phi) is 20.9. The van der Waals surface area contributed by atoms with Crippen molar-refractivity contribution in [2.24, 2.45) is 5.92 Å². The maximum Gasteiger partial charge on any atom is 0.239 e. The van der Waals surface area contributed by atoms with Crippen LogP contribution in [-0.2, 0) is 9.53 Å². The second-order valence-corrected chi connectivity index (χ2v) is 7.16. The number of methoxy groups -OCH3 is 1. The van der Waals surface area contributed by atoms with Gasteiger partial charge in [0.2, 0.25) is 5.91 Å². The molecule has 2 aliphatic rings. The SMILES string of the molecule is C=CC.CC.CCC.COCCN1CCCCC1C(=O)N1CCC(C)CC1. The Morgan fingerprint density at radius 2 is 1.63 bits per heavy atom. The Balaban J connectivity index is 0. The highest BCUT2D eigenvalue weighted by Crippen LogP contribution is 2.22. The van der Waals surface area contributed by atoms with Crippen LogP contribution in [0.25, 0.3) is 0 Å². The Labute approximate surface area is 170 Å². The number of piperidine rings is 2. The third-order valence-corrected chi connectivity index (χ3v) is 4.58. The third kappa shape index (κ3) is 13.0.